The molecule has 5 aliphatic rings. The molecule has 30 nitrogen and oxygen atoms in total. The zero-order chi connectivity index (χ0) is 64.8. The standard InChI is InChI=1S/C58H78N10O20S/c1-29-27-68-48(49(29)75)56(82)60-26-37(70)23-39(61-52(78)33-10-15-36(16-11-33)66-20-18-65(19-21-66)35-13-8-32(9-14-35)31-6-4-3-5-7-31)53(79)62-45(30(2)69)57(83)67-28-38(71)24-40(67)54(80)64-47(55(81)63-46(58(68)84)42(73)25-44(59)74)51(77)50(76)34-12-17-41(72)43(22-34)88-89(85,86)87/h8-17,22,29-31,37-40,42,45-51,69-73,75-77H,3-7,18-21,23-28H2,1-2H3,(H2,59,74)(H,60,82)(H,61,78)(H,62,79)(H,63,81)(H,64,80)(H,85,86,87)/t29-,30-,37+,38+,39-,40?,42+,45?,46?,47?,48?,49-,50-,51-/m0/s1. The zero-order valence-corrected chi connectivity index (χ0v) is 49.7. The molecular formula is C58H78N10O20S. The molecule has 16 N–H and O–H groups in total. The topological polar surface area (TPSA) is 461 Å². The molecule has 3 aromatic rings. The highest BCUT2D eigenvalue weighted by molar-refractivity contribution is 7.81. The first-order valence-electron chi connectivity index (χ1n) is 29.4. The predicted molar refractivity (Wildman–Crippen MR) is 313 cm³/mol. The second-order valence-corrected chi connectivity index (χ2v) is 24.5. The lowest BCUT2D eigenvalue weighted by atomic mass is 9.84. The SMILES string of the molecule is C[C@H](O)C1NC(=O)[C@@H](NC(=O)c2ccc(N3CCN(c4ccc(C5CCCCC5)cc4)CC3)cc2)C[C@@H](O)CNC(=O)C2[C@@H](O)[C@@H](C)CN2C(=O)C([C@H](O)CC(N)=O)NC(=O)C([C@H](O)[C@@H](O)c2ccc(O)c(OS(=O)(=O)O)c2)NC(=O)C2C[C@@H](O)CN2C1=O. The van der Waals surface area contributed by atoms with Crippen LogP contribution >= 0.6 is 0 Å². The summed E-state index contributed by atoms with van der Waals surface area (Å²) in [5.41, 5.74) is 8.17. The van der Waals surface area contributed by atoms with Crippen LogP contribution < -0.4 is 46.3 Å². The Balaban J connectivity index is 1.07. The molecule has 31 heteroatoms. The van der Waals surface area contributed by atoms with Crippen LogP contribution in [0.3, 0.4) is 0 Å². The molecule has 3 aromatic carbocycles. The van der Waals surface area contributed by atoms with Gasteiger partial charge in [-0.3, -0.25) is 42.9 Å². The molecule has 5 unspecified atom stereocenters. The highest BCUT2D eigenvalue weighted by atomic mass is 32.3. The molecule has 4 saturated heterocycles. The van der Waals surface area contributed by atoms with Gasteiger partial charge in [-0.25, -0.2) is 0 Å². The van der Waals surface area contributed by atoms with Crippen LogP contribution in [0.4, 0.5) is 11.4 Å². The number of aromatic hydroxyl groups is 1. The molecule has 14 atom stereocenters. The number of aliphatic hydroxyl groups is 7. The van der Waals surface area contributed by atoms with E-state index in [0.717, 1.165) is 48.4 Å². The van der Waals surface area contributed by atoms with Crippen molar-refractivity contribution in [3.63, 3.8) is 0 Å². The van der Waals surface area contributed by atoms with Crippen molar-refractivity contribution in [3.8, 4) is 11.5 Å². The molecule has 8 amide bonds. The van der Waals surface area contributed by atoms with Crippen molar-refractivity contribution in [1.82, 2.24) is 36.4 Å². The van der Waals surface area contributed by atoms with Gasteiger partial charge in [-0.05, 0) is 85.3 Å². The van der Waals surface area contributed by atoms with Gasteiger partial charge in [0.15, 0.2) is 11.5 Å². The Kier molecular flexibility index (Phi) is 21.8. The second-order valence-electron chi connectivity index (χ2n) is 23.5. The number of phenolic OH excluding ortho intramolecular Hbond substituents is 1. The minimum atomic E-state index is -5.33. The molecule has 0 radical (unpaired) electrons. The number of primary amides is 1. The van der Waals surface area contributed by atoms with Crippen molar-refractivity contribution >= 4 is 69.0 Å². The summed E-state index contributed by atoms with van der Waals surface area (Å²) in [6.07, 6.45) is -10.3. The largest absolute Gasteiger partial charge is 0.504 e. The fourth-order valence-corrected chi connectivity index (χ4v) is 12.5. The molecule has 4 aliphatic heterocycles. The lowest BCUT2D eigenvalue weighted by molar-refractivity contribution is -0.148. The van der Waals surface area contributed by atoms with Gasteiger partial charge in [-0.1, -0.05) is 44.4 Å². The van der Waals surface area contributed by atoms with E-state index >= 15 is 0 Å². The number of carbonyl (C=O) groups is 8. The number of benzene rings is 3. The number of fused-ring (bicyclic) bond motifs is 2. The highest BCUT2D eigenvalue weighted by Crippen LogP contribution is 2.35. The monoisotopic (exact) mass is 1270 g/mol. The van der Waals surface area contributed by atoms with E-state index in [0.29, 0.717) is 30.0 Å². The van der Waals surface area contributed by atoms with Crippen LogP contribution in [-0.2, 0) is 44.0 Å². The van der Waals surface area contributed by atoms with Crippen molar-refractivity contribution in [2.45, 2.75) is 150 Å². The summed E-state index contributed by atoms with van der Waals surface area (Å²) in [5.74, 6) is -12.3. The molecule has 1 aliphatic carbocycles. The van der Waals surface area contributed by atoms with Crippen LogP contribution in [0.2, 0.25) is 0 Å². The minimum absolute atomic E-state index is 0.0581. The van der Waals surface area contributed by atoms with Crippen molar-refractivity contribution in [2.24, 2.45) is 11.7 Å². The summed E-state index contributed by atoms with van der Waals surface area (Å²) in [4.78, 5) is 119. The van der Waals surface area contributed by atoms with Crippen molar-refractivity contribution in [2.75, 3.05) is 55.6 Å². The Morgan fingerprint density at radius 3 is 1.90 bits per heavy atom. The van der Waals surface area contributed by atoms with Gasteiger partial charge in [-0.2, -0.15) is 8.42 Å². The van der Waals surface area contributed by atoms with Gasteiger partial charge in [0, 0.05) is 81.5 Å². The normalized spacial score (nSPS) is 28.0. The number of nitrogens with two attached hydrogens (primary N) is 1. The third kappa shape index (κ3) is 16.4. The van der Waals surface area contributed by atoms with Gasteiger partial charge in [0.1, 0.15) is 48.5 Å². The number of aliphatic hydroxyl groups excluding tert-OH is 7. The summed E-state index contributed by atoms with van der Waals surface area (Å²) in [5, 5.41) is 102. The number of amides is 8. The summed E-state index contributed by atoms with van der Waals surface area (Å²) in [7, 11) is -5.33. The van der Waals surface area contributed by atoms with Gasteiger partial charge in [0.2, 0.25) is 41.4 Å². The van der Waals surface area contributed by atoms with Gasteiger partial charge >= 0.3 is 10.4 Å². The Morgan fingerprint density at radius 1 is 0.719 bits per heavy atom. The first kappa shape index (κ1) is 67.2. The average molecular weight is 1270 g/mol. The number of rotatable bonds is 14. The lowest BCUT2D eigenvalue weighted by Crippen LogP contribution is -2.64. The Morgan fingerprint density at radius 2 is 1.30 bits per heavy atom. The van der Waals surface area contributed by atoms with E-state index in [1.807, 2.05) is 0 Å². The number of anilines is 2. The van der Waals surface area contributed by atoms with E-state index < -0.39 is 199 Å². The molecule has 5 fully saturated rings. The summed E-state index contributed by atoms with van der Waals surface area (Å²) >= 11 is 0. The van der Waals surface area contributed by atoms with Gasteiger partial charge < -0.3 is 97.0 Å². The van der Waals surface area contributed by atoms with Crippen LogP contribution in [0.15, 0.2) is 66.7 Å². The van der Waals surface area contributed by atoms with Crippen molar-refractivity contribution in [3.05, 3.63) is 83.4 Å². The predicted octanol–water partition coefficient (Wildman–Crippen LogP) is -3.74. The summed E-state index contributed by atoms with van der Waals surface area (Å²) < 4.78 is 36.8. The third-order valence-electron chi connectivity index (χ3n) is 17.1. The quantitative estimate of drug-likeness (QED) is 0.0690. The fourth-order valence-electron chi connectivity index (χ4n) is 12.2. The molecule has 1 saturated carbocycles. The van der Waals surface area contributed by atoms with E-state index in [4.69, 9.17) is 5.73 Å². The summed E-state index contributed by atoms with van der Waals surface area (Å²) in [6.45, 7) is 3.44. The van der Waals surface area contributed by atoms with Crippen molar-refractivity contribution < 1.29 is 96.4 Å². The van der Waals surface area contributed by atoms with Crippen LogP contribution in [0.25, 0.3) is 0 Å². The Labute approximate surface area is 512 Å². The van der Waals surface area contributed by atoms with E-state index in [1.54, 1.807) is 12.1 Å². The Hall–Kier alpha value is -7.75. The summed E-state index contributed by atoms with van der Waals surface area (Å²) in [6, 6.07) is 5.12. The molecule has 8 rings (SSSR count). The zero-order valence-electron chi connectivity index (χ0n) is 48.9. The van der Waals surface area contributed by atoms with E-state index in [-0.39, 0.29) is 5.56 Å². The number of β-amino-alcohol motifs (C(OH)–C–C–N with tert-alkyl or cyclic N) is 1. The molecule has 0 bridgehead atoms. The van der Waals surface area contributed by atoms with Gasteiger partial charge in [0.25, 0.3) is 5.91 Å². The molecule has 0 spiro atoms. The molecular weight excluding hydrogens is 1190 g/mol. The molecule has 89 heavy (non-hydrogen) atoms. The number of carbonyl (C=O) groups excluding carboxylic acids is 8. The van der Waals surface area contributed by atoms with Gasteiger partial charge in [-0.15, -0.1) is 0 Å². The maximum Gasteiger partial charge on any atom is 0.446 e. The number of piperazine rings is 1. The number of hydrogen-bond donors (Lipinski definition) is 15. The van der Waals surface area contributed by atoms with Crippen molar-refractivity contribution in [1.29, 1.82) is 0 Å². The highest BCUT2D eigenvalue weighted by Gasteiger charge is 2.50. The first-order valence-corrected chi connectivity index (χ1v) is 30.8. The third-order valence-corrected chi connectivity index (χ3v) is 17.5. The lowest BCUT2D eigenvalue weighted by Gasteiger charge is -2.37. The maximum absolute atomic E-state index is 14.7. The van der Waals surface area contributed by atoms with E-state index in [9.17, 15) is 92.2 Å². The second kappa shape index (κ2) is 28.8. The minimum Gasteiger partial charge on any atom is -0.504 e. The maximum atomic E-state index is 14.7. The molecule has 0 aromatic heterocycles. The van der Waals surface area contributed by atoms with Gasteiger partial charge in [0.05, 0.1) is 36.9 Å². The number of hydrogen-bond acceptors (Lipinski definition) is 21. The van der Waals surface area contributed by atoms with Crippen LogP contribution in [0.1, 0.15) is 98.7 Å². The van der Waals surface area contributed by atoms with E-state index in [2.05, 4.69) is 64.8 Å². The van der Waals surface area contributed by atoms with Crippen LogP contribution in [-0.4, -0.2) is 230 Å². The number of nitrogens with one attached hydrogen (secondary N) is 5. The number of phenols is 1. The first-order chi connectivity index (χ1) is 42.1. The van der Waals surface area contributed by atoms with Crippen LogP contribution in [0.5, 0.6) is 11.5 Å². The average Bonchev–Trinajstić information content (AvgIpc) is 2.60. The molecule has 486 valence electrons. The fraction of sp³-hybridized carbons (Fsp3) is 0.552. The number of nitrogens with zero attached hydrogens (tertiary/aromatic N) is 4. The van der Waals surface area contributed by atoms with Crippen LogP contribution in [0, 0.1) is 5.92 Å². The van der Waals surface area contributed by atoms with E-state index in [1.165, 1.54) is 56.7 Å². The smallest absolute Gasteiger partial charge is 0.446 e. The Bertz CT molecular complexity index is 3180. The molecule has 4 heterocycles.